The van der Waals surface area contributed by atoms with E-state index in [1.54, 1.807) is 38.6 Å². The van der Waals surface area contributed by atoms with Crippen molar-refractivity contribution < 1.29 is 18.7 Å². The molecular formula is C17H20FN3O3. The molecule has 0 fully saturated rings. The third-order valence-corrected chi connectivity index (χ3v) is 3.31. The van der Waals surface area contributed by atoms with Crippen molar-refractivity contribution in [3.63, 3.8) is 0 Å². The van der Waals surface area contributed by atoms with E-state index in [0.717, 1.165) is 5.56 Å². The smallest absolute Gasteiger partial charge is 0.317 e. The third kappa shape index (κ3) is 5.42. The Morgan fingerprint density at radius 2 is 2.00 bits per heavy atom. The number of aromatic nitrogens is 1. The van der Waals surface area contributed by atoms with E-state index in [-0.39, 0.29) is 11.8 Å². The number of carbonyl (C=O) groups excluding carboxylic acids is 1. The fraction of sp³-hybridized carbons (Fsp3) is 0.294. The summed E-state index contributed by atoms with van der Waals surface area (Å²) in [6.45, 7) is 1.10. The van der Waals surface area contributed by atoms with Crippen molar-refractivity contribution in [2.75, 3.05) is 27.3 Å². The van der Waals surface area contributed by atoms with Gasteiger partial charge in [0, 0.05) is 25.9 Å². The van der Waals surface area contributed by atoms with Crippen molar-refractivity contribution in [1.82, 2.24) is 15.2 Å². The van der Waals surface area contributed by atoms with Crippen LogP contribution < -0.4 is 14.8 Å². The maximum atomic E-state index is 12.8. The van der Waals surface area contributed by atoms with E-state index in [0.29, 0.717) is 31.3 Å². The lowest BCUT2D eigenvalue weighted by molar-refractivity contribution is 0.195. The summed E-state index contributed by atoms with van der Waals surface area (Å²) < 4.78 is 23.2. The summed E-state index contributed by atoms with van der Waals surface area (Å²) in [5.41, 5.74) is 0.875. The topological polar surface area (TPSA) is 63.7 Å². The van der Waals surface area contributed by atoms with Gasteiger partial charge < -0.3 is 19.7 Å². The molecule has 0 saturated heterocycles. The number of hydrogen-bond acceptors (Lipinski definition) is 4. The molecule has 0 radical (unpaired) electrons. The van der Waals surface area contributed by atoms with Gasteiger partial charge in [0.25, 0.3) is 0 Å². The van der Waals surface area contributed by atoms with Crippen LogP contribution in [0.2, 0.25) is 0 Å². The minimum absolute atomic E-state index is 0.214. The summed E-state index contributed by atoms with van der Waals surface area (Å²) in [6, 6.07) is 9.11. The molecule has 2 amide bonds. The molecule has 1 N–H and O–H groups in total. The first-order valence-corrected chi connectivity index (χ1v) is 7.44. The van der Waals surface area contributed by atoms with Gasteiger partial charge in [-0.05, 0) is 29.8 Å². The Hall–Kier alpha value is -2.83. The quantitative estimate of drug-likeness (QED) is 0.845. The Balaban J connectivity index is 1.70. The molecular weight excluding hydrogens is 313 g/mol. The zero-order valence-corrected chi connectivity index (χ0v) is 13.7. The lowest BCUT2D eigenvalue weighted by Gasteiger charge is -2.18. The Morgan fingerprint density at radius 3 is 2.62 bits per heavy atom. The number of methoxy groups -OCH3 is 1. The van der Waals surface area contributed by atoms with Crippen LogP contribution in [0.1, 0.15) is 5.56 Å². The van der Waals surface area contributed by atoms with E-state index in [1.165, 1.54) is 17.0 Å². The molecule has 24 heavy (non-hydrogen) atoms. The number of rotatable bonds is 7. The van der Waals surface area contributed by atoms with Crippen molar-refractivity contribution in [2.24, 2.45) is 0 Å². The highest BCUT2D eigenvalue weighted by atomic mass is 19.1. The van der Waals surface area contributed by atoms with E-state index >= 15 is 0 Å². The molecule has 2 rings (SSSR count). The van der Waals surface area contributed by atoms with Crippen LogP contribution in [0.3, 0.4) is 0 Å². The second-order valence-electron chi connectivity index (χ2n) is 5.09. The largest absolute Gasteiger partial charge is 0.492 e. The van der Waals surface area contributed by atoms with Crippen LogP contribution in [0.15, 0.2) is 42.6 Å². The average molecular weight is 333 g/mol. The number of urea groups is 1. The molecule has 0 aliphatic heterocycles. The van der Waals surface area contributed by atoms with Gasteiger partial charge in [-0.15, -0.1) is 0 Å². The maximum Gasteiger partial charge on any atom is 0.317 e. The highest BCUT2D eigenvalue weighted by molar-refractivity contribution is 5.73. The fourth-order valence-corrected chi connectivity index (χ4v) is 1.88. The van der Waals surface area contributed by atoms with Crippen LogP contribution in [0.5, 0.6) is 11.6 Å². The average Bonchev–Trinajstić information content (AvgIpc) is 2.61. The summed E-state index contributed by atoms with van der Waals surface area (Å²) in [7, 11) is 3.22. The lowest BCUT2D eigenvalue weighted by atomic mass is 10.3. The normalized spacial score (nSPS) is 10.1. The number of nitrogens with zero attached hydrogens (tertiary/aromatic N) is 2. The predicted octanol–water partition coefficient (Wildman–Crippen LogP) is 2.45. The molecule has 0 atom stereocenters. The zero-order valence-electron chi connectivity index (χ0n) is 13.7. The van der Waals surface area contributed by atoms with Crippen LogP contribution in [0, 0.1) is 5.82 Å². The second-order valence-corrected chi connectivity index (χ2v) is 5.09. The van der Waals surface area contributed by atoms with E-state index in [1.807, 2.05) is 6.07 Å². The predicted molar refractivity (Wildman–Crippen MR) is 87.5 cm³/mol. The molecule has 2 aromatic rings. The highest BCUT2D eigenvalue weighted by Gasteiger charge is 2.08. The number of hydrogen-bond donors (Lipinski definition) is 1. The third-order valence-electron chi connectivity index (χ3n) is 3.31. The number of carbonyl (C=O) groups is 1. The first-order chi connectivity index (χ1) is 11.6. The molecule has 0 aliphatic rings. The van der Waals surface area contributed by atoms with Crippen molar-refractivity contribution in [1.29, 1.82) is 0 Å². The van der Waals surface area contributed by atoms with Gasteiger partial charge in [-0.2, -0.15) is 0 Å². The van der Waals surface area contributed by atoms with Gasteiger partial charge in [0.05, 0.1) is 13.7 Å². The molecule has 1 aromatic heterocycles. The van der Waals surface area contributed by atoms with Crippen LogP contribution in [0.25, 0.3) is 0 Å². The number of halogens is 1. The maximum absolute atomic E-state index is 12.8. The molecule has 6 nitrogen and oxygen atoms in total. The van der Waals surface area contributed by atoms with E-state index in [4.69, 9.17) is 9.47 Å². The Morgan fingerprint density at radius 1 is 1.25 bits per heavy atom. The van der Waals surface area contributed by atoms with Crippen molar-refractivity contribution in [3.8, 4) is 11.6 Å². The first-order valence-electron chi connectivity index (χ1n) is 7.44. The SMILES string of the molecule is COc1ccc(CNC(=O)N(C)CCOc2ccc(F)cc2)cn1. The van der Waals surface area contributed by atoms with Gasteiger partial charge in [-0.25, -0.2) is 14.2 Å². The summed E-state index contributed by atoms with van der Waals surface area (Å²) in [6.07, 6.45) is 1.65. The minimum Gasteiger partial charge on any atom is -0.492 e. The van der Waals surface area contributed by atoms with Crippen LogP contribution in [-0.4, -0.2) is 43.2 Å². The minimum atomic E-state index is -0.313. The van der Waals surface area contributed by atoms with Crippen molar-refractivity contribution in [3.05, 3.63) is 54.0 Å². The van der Waals surface area contributed by atoms with Gasteiger partial charge in [-0.3, -0.25) is 0 Å². The van der Waals surface area contributed by atoms with Gasteiger partial charge >= 0.3 is 6.03 Å². The molecule has 0 spiro atoms. The van der Waals surface area contributed by atoms with Crippen LogP contribution in [-0.2, 0) is 6.54 Å². The number of pyridine rings is 1. The molecule has 7 heteroatoms. The number of likely N-dealkylation sites (N-methyl/N-ethyl adjacent to an activating group) is 1. The standard InChI is InChI=1S/C17H20FN3O3/c1-21(9-10-24-15-6-4-14(18)5-7-15)17(22)20-12-13-3-8-16(23-2)19-11-13/h3-8,11H,9-10,12H2,1-2H3,(H,20,22). The zero-order chi connectivity index (χ0) is 17.4. The number of amides is 2. The van der Waals surface area contributed by atoms with E-state index in [9.17, 15) is 9.18 Å². The molecule has 1 heterocycles. The van der Waals surface area contributed by atoms with Crippen molar-refractivity contribution >= 4 is 6.03 Å². The molecule has 0 bridgehead atoms. The van der Waals surface area contributed by atoms with Gasteiger partial charge in [0.15, 0.2) is 0 Å². The summed E-state index contributed by atoms with van der Waals surface area (Å²) in [5, 5.41) is 2.79. The van der Waals surface area contributed by atoms with E-state index < -0.39 is 0 Å². The van der Waals surface area contributed by atoms with E-state index in [2.05, 4.69) is 10.3 Å². The Labute approximate surface area is 140 Å². The second kappa shape index (κ2) is 8.71. The number of benzene rings is 1. The fourth-order valence-electron chi connectivity index (χ4n) is 1.88. The van der Waals surface area contributed by atoms with Gasteiger partial charge in [0.2, 0.25) is 5.88 Å². The highest BCUT2D eigenvalue weighted by Crippen LogP contribution is 2.10. The molecule has 0 unspecified atom stereocenters. The number of ether oxygens (including phenoxy) is 2. The molecule has 0 aliphatic carbocycles. The summed E-state index contributed by atoms with van der Waals surface area (Å²) >= 11 is 0. The first kappa shape index (κ1) is 17.5. The lowest BCUT2D eigenvalue weighted by Crippen LogP contribution is -2.39. The monoisotopic (exact) mass is 333 g/mol. The summed E-state index contributed by atoms with van der Waals surface area (Å²) in [5.74, 6) is 0.779. The Bertz CT molecular complexity index is 647. The van der Waals surface area contributed by atoms with Crippen LogP contribution >= 0.6 is 0 Å². The Kier molecular flexibility index (Phi) is 6.36. The number of nitrogens with one attached hydrogen (secondary N) is 1. The molecule has 1 aromatic carbocycles. The van der Waals surface area contributed by atoms with Crippen molar-refractivity contribution in [2.45, 2.75) is 6.54 Å². The van der Waals surface area contributed by atoms with Gasteiger partial charge in [-0.1, -0.05) is 6.07 Å². The molecule has 128 valence electrons. The van der Waals surface area contributed by atoms with Crippen LogP contribution in [0.4, 0.5) is 9.18 Å². The summed E-state index contributed by atoms with van der Waals surface area (Å²) in [4.78, 5) is 17.6. The van der Waals surface area contributed by atoms with Gasteiger partial charge in [0.1, 0.15) is 18.2 Å². The molecule has 0 saturated carbocycles.